The van der Waals surface area contributed by atoms with Crippen LogP contribution in [-0.2, 0) is 17.0 Å². The van der Waals surface area contributed by atoms with Crippen LogP contribution in [0.25, 0.3) is 43.6 Å². The van der Waals surface area contributed by atoms with Crippen molar-refractivity contribution in [3.8, 4) is 5.75 Å². The highest BCUT2D eigenvalue weighted by Gasteiger charge is 2.52. The maximum absolute atomic E-state index is 13.3. The second-order valence-electron chi connectivity index (χ2n) is 10.1. The molecule has 3 aliphatic rings. The van der Waals surface area contributed by atoms with Crippen LogP contribution in [-0.4, -0.2) is 44.4 Å². The van der Waals surface area contributed by atoms with Gasteiger partial charge in [-0.25, -0.2) is 0 Å². The molecule has 4 N–H and O–H groups in total. The van der Waals surface area contributed by atoms with Gasteiger partial charge in [0.25, 0.3) is 5.91 Å². The Bertz CT molecular complexity index is 1780. The molecular formula is C27H24N4O4. The number of phenolic OH excluding ortho intramolecular Hbond substituents is 1. The van der Waals surface area contributed by atoms with Crippen LogP contribution < -0.4 is 10.6 Å². The van der Waals surface area contributed by atoms with Crippen LogP contribution >= 0.6 is 0 Å². The number of ether oxygens (including phenoxy) is 1. The smallest absolute Gasteiger partial charge is 0.252 e. The van der Waals surface area contributed by atoms with E-state index in [0.717, 1.165) is 49.2 Å². The molecule has 3 aliphatic heterocycles. The summed E-state index contributed by atoms with van der Waals surface area (Å²) in [7, 11) is 1.87. The zero-order valence-corrected chi connectivity index (χ0v) is 19.3. The molecule has 2 bridgehead atoms. The molecule has 4 atom stereocenters. The fourth-order valence-corrected chi connectivity index (χ4v) is 7.01. The molecule has 1 fully saturated rings. The predicted octanol–water partition coefficient (Wildman–Crippen LogP) is 3.41. The number of benzene rings is 3. The number of amides is 1. The molecule has 0 spiro atoms. The van der Waals surface area contributed by atoms with Crippen LogP contribution in [0, 0.1) is 0 Å². The van der Waals surface area contributed by atoms with E-state index in [1.54, 1.807) is 12.1 Å². The van der Waals surface area contributed by atoms with E-state index in [1.165, 1.54) is 0 Å². The van der Waals surface area contributed by atoms with Crippen molar-refractivity contribution in [1.82, 2.24) is 19.8 Å². The van der Waals surface area contributed by atoms with Gasteiger partial charge < -0.3 is 34.7 Å². The molecule has 2 aromatic heterocycles. The topological polar surface area (TPSA) is 101 Å². The van der Waals surface area contributed by atoms with Gasteiger partial charge in [0, 0.05) is 40.6 Å². The molecule has 5 heterocycles. The van der Waals surface area contributed by atoms with Gasteiger partial charge in [0.05, 0.1) is 27.6 Å². The molecule has 1 amide bonds. The summed E-state index contributed by atoms with van der Waals surface area (Å²) in [5, 5.41) is 32.1. The van der Waals surface area contributed by atoms with Crippen molar-refractivity contribution >= 4 is 49.5 Å². The fourth-order valence-electron chi connectivity index (χ4n) is 7.01. The molecule has 0 radical (unpaired) electrons. The third-order valence-electron chi connectivity index (χ3n) is 8.45. The normalized spacial score (nSPS) is 27.3. The van der Waals surface area contributed by atoms with E-state index in [1.807, 2.05) is 32.2 Å². The number of aromatic nitrogens is 2. The Labute approximate surface area is 199 Å². The number of nitrogens with one attached hydrogen (secondary N) is 2. The Hall–Kier alpha value is -3.59. The van der Waals surface area contributed by atoms with Crippen molar-refractivity contribution in [1.29, 1.82) is 0 Å². The number of phenols is 1. The molecule has 8 heteroatoms. The van der Waals surface area contributed by atoms with E-state index < -0.39 is 11.8 Å². The molecule has 8 rings (SSSR count). The minimum atomic E-state index is -1.04. The summed E-state index contributed by atoms with van der Waals surface area (Å²) in [6.45, 7) is 2.39. The standard InChI is InChI=1S/C27H24N4O4/c1-27-25(33)16(28-2)10-19(35-27)30-17-8-7-12(32)9-14(17)21-22-15(11-29-26(22)34)20-13-5-3-4-6-18(13)31(27)24(20)23(21)30/h3-9,16,19,25,28,32-33H,10-11H2,1-2H3,(H,29,34)/t16-,19+,25-,27-/m0/s1. The molecular weight excluding hydrogens is 444 g/mol. The number of aliphatic hydroxyl groups excluding tert-OH is 1. The van der Waals surface area contributed by atoms with Crippen LogP contribution in [0.1, 0.15) is 35.5 Å². The number of rotatable bonds is 1. The summed E-state index contributed by atoms with van der Waals surface area (Å²) in [6, 6.07) is 13.2. The van der Waals surface area contributed by atoms with Crippen LogP contribution in [0.15, 0.2) is 42.5 Å². The third-order valence-corrected chi connectivity index (χ3v) is 8.45. The quantitative estimate of drug-likeness (QED) is 0.302. The highest BCUT2D eigenvalue weighted by Crippen LogP contribution is 2.53. The van der Waals surface area contributed by atoms with Gasteiger partial charge in [0.2, 0.25) is 0 Å². The van der Waals surface area contributed by atoms with Gasteiger partial charge in [-0.1, -0.05) is 18.2 Å². The SMILES string of the molecule is CN[C@H]1C[C@H]2O[C@@](C)([C@H]1O)n1c3ccccc3c3c4c(c5c6cc(O)ccc6n2c5c31)C(=O)NC4. The average molecular weight is 469 g/mol. The van der Waals surface area contributed by atoms with E-state index in [4.69, 9.17) is 4.74 Å². The van der Waals surface area contributed by atoms with Gasteiger partial charge in [0.1, 0.15) is 18.1 Å². The van der Waals surface area contributed by atoms with Gasteiger partial charge >= 0.3 is 0 Å². The van der Waals surface area contributed by atoms with E-state index >= 15 is 0 Å². The number of hydrogen-bond acceptors (Lipinski definition) is 5. The molecule has 176 valence electrons. The maximum atomic E-state index is 13.3. The third kappa shape index (κ3) is 2.09. The fraction of sp³-hybridized carbons (Fsp3) is 0.296. The van der Waals surface area contributed by atoms with Crippen molar-refractivity contribution in [2.45, 2.75) is 44.0 Å². The minimum absolute atomic E-state index is 0.103. The van der Waals surface area contributed by atoms with Gasteiger partial charge in [-0.05, 0) is 43.8 Å². The summed E-state index contributed by atoms with van der Waals surface area (Å²) in [6.07, 6.45) is -0.624. The summed E-state index contributed by atoms with van der Waals surface area (Å²) in [4.78, 5) is 13.3. The first kappa shape index (κ1) is 19.7. The van der Waals surface area contributed by atoms with Gasteiger partial charge in [-0.3, -0.25) is 4.79 Å². The first-order chi connectivity index (χ1) is 16.9. The van der Waals surface area contributed by atoms with Gasteiger partial charge in [0.15, 0.2) is 5.72 Å². The number of aliphatic hydroxyl groups is 1. The average Bonchev–Trinajstić information content (AvgIpc) is 3.48. The lowest BCUT2D eigenvalue weighted by Crippen LogP contribution is -2.58. The monoisotopic (exact) mass is 468 g/mol. The molecule has 5 aromatic rings. The summed E-state index contributed by atoms with van der Waals surface area (Å²) < 4.78 is 11.2. The van der Waals surface area contributed by atoms with Crippen molar-refractivity contribution in [2.24, 2.45) is 0 Å². The summed E-state index contributed by atoms with van der Waals surface area (Å²) in [5.74, 6) is 0.0490. The lowest BCUT2D eigenvalue weighted by Gasteiger charge is -2.46. The Morgan fingerprint density at radius 2 is 1.94 bits per heavy atom. The van der Waals surface area contributed by atoms with Crippen LogP contribution in [0.2, 0.25) is 0 Å². The van der Waals surface area contributed by atoms with Crippen LogP contribution in [0.5, 0.6) is 5.75 Å². The van der Waals surface area contributed by atoms with Gasteiger partial charge in [-0.15, -0.1) is 0 Å². The minimum Gasteiger partial charge on any atom is -0.508 e. The van der Waals surface area contributed by atoms with Crippen LogP contribution in [0.3, 0.4) is 0 Å². The second kappa shape index (κ2) is 6.15. The number of fused-ring (bicyclic) bond motifs is 13. The number of para-hydroxylation sites is 1. The zero-order chi connectivity index (χ0) is 23.8. The summed E-state index contributed by atoms with van der Waals surface area (Å²) >= 11 is 0. The lowest BCUT2D eigenvalue weighted by molar-refractivity contribution is -0.249. The molecule has 0 unspecified atom stereocenters. The molecule has 3 aromatic carbocycles. The molecule has 1 saturated heterocycles. The molecule has 8 nitrogen and oxygen atoms in total. The van der Waals surface area contributed by atoms with Crippen molar-refractivity contribution in [2.75, 3.05) is 7.05 Å². The van der Waals surface area contributed by atoms with Gasteiger partial charge in [-0.2, -0.15) is 0 Å². The summed E-state index contributed by atoms with van der Waals surface area (Å²) in [5.41, 5.74) is 4.28. The first-order valence-electron chi connectivity index (χ1n) is 12.0. The number of aromatic hydroxyl groups is 1. The highest BCUT2D eigenvalue weighted by atomic mass is 16.6. The molecule has 0 aliphatic carbocycles. The first-order valence-corrected chi connectivity index (χ1v) is 12.0. The Morgan fingerprint density at radius 1 is 1.11 bits per heavy atom. The Morgan fingerprint density at radius 3 is 2.77 bits per heavy atom. The predicted molar refractivity (Wildman–Crippen MR) is 133 cm³/mol. The van der Waals surface area contributed by atoms with E-state index in [9.17, 15) is 15.0 Å². The van der Waals surface area contributed by atoms with Crippen molar-refractivity contribution < 1.29 is 19.7 Å². The largest absolute Gasteiger partial charge is 0.508 e. The number of carbonyl (C=O) groups excluding carboxylic acids is 1. The van der Waals surface area contributed by atoms with Crippen molar-refractivity contribution in [3.63, 3.8) is 0 Å². The Balaban J connectivity index is 1.74. The van der Waals surface area contributed by atoms with Crippen LogP contribution in [0.4, 0.5) is 0 Å². The number of carbonyl (C=O) groups is 1. The van der Waals surface area contributed by atoms with E-state index in [0.29, 0.717) is 18.5 Å². The van der Waals surface area contributed by atoms with E-state index in [-0.39, 0.29) is 23.9 Å². The zero-order valence-electron chi connectivity index (χ0n) is 19.3. The number of hydrogen-bond donors (Lipinski definition) is 4. The number of nitrogens with zero attached hydrogens (tertiary/aromatic N) is 2. The maximum Gasteiger partial charge on any atom is 0.252 e. The Kier molecular flexibility index (Phi) is 3.46. The highest BCUT2D eigenvalue weighted by molar-refractivity contribution is 6.31. The number of likely N-dealkylation sites (N-methyl/N-ethyl adjacent to an activating group) is 1. The molecule has 35 heavy (non-hydrogen) atoms. The van der Waals surface area contributed by atoms with E-state index in [2.05, 4.69) is 31.9 Å². The molecule has 0 saturated carbocycles. The van der Waals surface area contributed by atoms with Crippen molar-refractivity contribution in [3.05, 3.63) is 53.6 Å². The lowest BCUT2D eigenvalue weighted by atomic mass is 9.93. The second-order valence-corrected chi connectivity index (χ2v) is 10.1.